The van der Waals surface area contributed by atoms with Crippen LogP contribution in [-0.4, -0.2) is 0 Å². The summed E-state index contributed by atoms with van der Waals surface area (Å²) in [7, 11) is 1.60. The third-order valence-electron chi connectivity index (χ3n) is 0.935. The average molecular weight is 195 g/mol. The molecular weight excluding hydrogens is 191 g/mol. The molecule has 0 fully saturated rings. The van der Waals surface area contributed by atoms with Crippen LogP contribution in [0.3, 0.4) is 0 Å². The van der Waals surface area contributed by atoms with Crippen LogP contribution < -0.4 is 0 Å². The molecule has 1 aromatic rings. The molecule has 0 bridgehead atoms. The predicted molar refractivity (Wildman–Crippen MR) is 37.3 cm³/mol. The van der Waals surface area contributed by atoms with Gasteiger partial charge in [-0.2, -0.15) is 0 Å². The van der Waals surface area contributed by atoms with Crippen molar-refractivity contribution in [3.63, 3.8) is 0 Å². The Kier molecular flexibility index (Phi) is 3.00. The standard InChI is InChI=1S/C6H5ClS.V/c7-5-3-1-2-4-6(5)8;/h1-4,8H;/q;+1/p-1. The number of benzene rings is 1. The minimum atomic E-state index is 0.822. The van der Waals surface area contributed by atoms with Gasteiger partial charge in [0.1, 0.15) is 0 Å². The molecule has 46 valence electrons. The fourth-order valence-corrected chi connectivity index (χ4v) is 2.07. The van der Waals surface area contributed by atoms with Crippen molar-refractivity contribution < 1.29 is 16.2 Å². The second kappa shape index (κ2) is 3.57. The Balaban J connectivity index is 3.01. The van der Waals surface area contributed by atoms with Crippen LogP contribution in [0.2, 0.25) is 5.02 Å². The van der Waals surface area contributed by atoms with Gasteiger partial charge >= 0.3 is 71.9 Å². The summed E-state index contributed by atoms with van der Waals surface area (Å²) in [5.74, 6) is 0. The van der Waals surface area contributed by atoms with Crippen LogP contribution in [0.15, 0.2) is 29.2 Å². The number of halogens is 1. The molecule has 9 heavy (non-hydrogen) atoms. The van der Waals surface area contributed by atoms with Gasteiger partial charge < -0.3 is 0 Å². The summed E-state index contributed by atoms with van der Waals surface area (Å²) in [6.07, 6.45) is 0. The van der Waals surface area contributed by atoms with E-state index in [9.17, 15) is 0 Å². The molecule has 0 unspecified atom stereocenters. The fourth-order valence-electron chi connectivity index (χ4n) is 0.519. The maximum absolute atomic E-state index is 5.79. The van der Waals surface area contributed by atoms with E-state index < -0.39 is 0 Å². The van der Waals surface area contributed by atoms with Gasteiger partial charge in [0.05, 0.1) is 0 Å². The van der Waals surface area contributed by atoms with Crippen LogP contribution in [0.4, 0.5) is 0 Å². The summed E-state index contributed by atoms with van der Waals surface area (Å²) >= 11 is 8.22. The van der Waals surface area contributed by atoms with Crippen molar-refractivity contribution in [3.8, 4) is 0 Å². The van der Waals surface area contributed by atoms with E-state index in [-0.39, 0.29) is 0 Å². The van der Waals surface area contributed by atoms with E-state index in [1.807, 2.05) is 24.3 Å². The maximum atomic E-state index is 5.79. The summed E-state index contributed by atoms with van der Waals surface area (Å²) in [5, 5.41) is 0.822. The second-order valence-corrected chi connectivity index (χ2v) is 3.41. The quantitative estimate of drug-likeness (QED) is 0.663. The molecule has 0 spiro atoms. The zero-order chi connectivity index (χ0) is 6.69. The van der Waals surface area contributed by atoms with E-state index in [0.29, 0.717) is 0 Å². The predicted octanol–water partition coefficient (Wildman–Crippen LogP) is 2.89. The van der Waals surface area contributed by atoms with Gasteiger partial charge in [-0.3, -0.25) is 0 Å². The molecule has 0 aromatic heterocycles. The van der Waals surface area contributed by atoms with Crippen molar-refractivity contribution in [2.75, 3.05) is 0 Å². The summed E-state index contributed by atoms with van der Waals surface area (Å²) in [4.78, 5) is 1.11. The molecule has 1 rings (SSSR count). The Bertz CT molecular complexity index is 202. The SMILES string of the molecule is Clc1ccccc1[S][V]. The number of rotatable bonds is 1. The summed E-state index contributed by atoms with van der Waals surface area (Å²) in [6.45, 7) is 0. The summed E-state index contributed by atoms with van der Waals surface area (Å²) in [6, 6.07) is 7.78. The third-order valence-corrected chi connectivity index (χ3v) is 2.85. The van der Waals surface area contributed by atoms with E-state index >= 15 is 0 Å². The normalized spacial score (nSPS) is 9.44. The molecule has 0 N–H and O–H groups in total. The van der Waals surface area contributed by atoms with Gasteiger partial charge in [0.2, 0.25) is 0 Å². The first kappa shape index (κ1) is 7.55. The average Bonchev–Trinajstić information content (AvgIpc) is 1.89. The van der Waals surface area contributed by atoms with Crippen LogP contribution in [0.5, 0.6) is 0 Å². The van der Waals surface area contributed by atoms with Gasteiger partial charge in [-0.25, -0.2) is 0 Å². The molecule has 0 nitrogen and oxygen atoms in total. The van der Waals surface area contributed by atoms with E-state index in [0.717, 1.165) is 9.92 Å². The van der Waals surface area contributed by atoms with E-state index in [1.54, 1.807) is 9.92 Å². The molecule has 0 aliphatic rings. The molecule has 0 saturated carbocycles. The van der Waals surface area contributed by atoms with E-state index in [2.05, 4.69) is 16.2 Å². The van der Waals surface area contributed by atoms with Gasteiger partial charge in [-0.15, -0.1) is 0 Å². The monoisotopic (exact) mass is 194 g/mol. The third kappa shape index (κ3) is 1.94. The second-order valence-electron chi connectivity index (χ2n) is 1.52. The van der Waals surface area contributed by atoms with E-state index in [1.165, 1.54) is 0 Å². The van der Waals surface area contributed by atoms with Gasteiger partial charge in [-0.05, 0) is 0 Å². The molecule has 0 saturated heterocycles. The molecule has 0 amide bonds. The molecule has 1 aromatic carbocycles. The molecule has 3 heteroatoms. The topological polar surface area (TPSA) is 0 Å². The van der Waals surface area contributed by atoms with Crippen molar-refractivity contribution >= 4 is 21.5 Å². The van der Waals surface area contributed by atoms with Crippen LogP contribution in [-0.2, 0) is 16.2 Å². The van der Waals surface area contributed by atoms with Crippen LogP contribution in [0, 0.1) is 0 Å². The molecular formula is C6H4ClSV. The Labute approximate surface area is 71.9 Å². The first-order valence-corrected chi connectivity index (χ1v) is 5.26. The first-order valence-electron chi connectivity index (χ1n) is 2.40. The van der Waals surface area contributed by atoms with Crippen molar-refractivity contribution in [2.24, 2.45) is 0 Å². The summed E-state index contributed by atoms with van der Waals surface area (Å²) < 4.78 is 0. The van der Waals surface area contributed by atoms with Crippen LogP contribution in [0.25, 0.3) is 0 Å². The Morgan fingerprint density at radius 2 is 2.00 bits per heavy atom. The Morgan fingerprint density at radius 1 is 1.33 bits per heavy atom. The summed E-state index contributed by atoms with van der Waals surface area (Å²) in [5.41, 5.74) is 0. The van der Waals surface area contributed by atoms with Gasteiger partial charge in [0.15, 0.2) is 0 Å². The van der Waals surface area contributed by atoms with Crippen LogP contribution >= 0.6 is 21.5 Å². The molecule has 0 radical (unpaired) electrons. The molecule has 0 atom stereocenters. The van der Waals surface area contributed by atoms with Gasteiger partial charge in [-0.1, -0.05) is 0 Å². The number of hydrogen-bond acceptors (Lipinski definition) is 1. The molecule has 0 aliphatic carbocycles. The van der Waals surface area contributed by atoms with Gasteiger partial charge in [0.25, 0.3) is 0 Å². The van der Waals surface area contributed by atoms with Crippen molar-refractivity contribution in [3.05, 3.63) is 29.3 Å². The fraction of sp³-hybridized carbons (Fsp3) is 0. The zero-order valence-electron chi connectivity index (χ0n) is 4.54. The molecule has 0 heterocycles. The number of hydrogen-bond donors (Lipinski definition) is 0. The van der Waals surface area contributed by atoms with E-state index in [4.69, 9.17) is 11.6 Å². The van der Waals surface area contributed by atoms with Crippen molar-refractivity contribution in [1.82, 2.24) is 0 Å². The zero-order valence-corrected chi connectivity index (χ0v) is 7.51. The Morgan fingerprint density at radius 3 is 2.44 bits per heavy atom. The van der Waals surface area contributed by atoms with Gasteiger partial charge in [0, 0.05) is 0 Å². The van der Waals surface area contributed by atoms with Crippen LogP contribution in [0.1, 0.15) is 0 Å². The van der Waals surface area contributed by atoms with Crippen molar-refractivity contribution in [1.29, 1.82) is 0 Å². The van der Waals surface area contributed by atoms with Crippen molar-refractivity contribution in [2.45, 2.75) is 4.90 Å². The molecule has 0 aliphatic heterocycles. The first-order chi connectivity index (χ1) is 4.34. The Hall–Kier alpha value is 0.444. The minimum absolute atomic E-state index is 0.822.